The third-order valence-corrected chi connectivity index (χ3v) is 8.89. The fraction of sp³-hybridized carbons (Fsp3) is 0.500. The number of carbonyl (C=O) groups excluding carboxylic acids is 1. The first-order valence-electron chi connectivity index (χ1n) is 11.2. The molecule has 0 saturated carbocycles. The highest BCUT2D eigenvalue weighted by Crippen LogP contribution is 2.35. The van der Waals surface area contributed by atoms with Crippen LogP contribution in [0.1, 0.15) is 43.4 Å². The number of Topliss-reactive ketones (excluding diaryl/α,β-unsaturated/α-hetero) is 1. The number of nitrogens with one attached hydrogen (secondary N) is 1. The monoisotopic (exact) mass is 525 g/mol. The van der Waals surface area contributed by atoms with Gasteiger partial charge in [-0.05, 0) is 18.9 Å². The molecule has 1 fully saturated rings. The highest BCUT2D eigenvalue weighted by atomic mass is 32.2. The van der Waals surface area contributed by atoms with E-state index in [1.165, 1.54) is 18.9 Å². The molecule has 1 saturated heterocycles. The van der Waals surface area contributed by atoms with Crippen molar-refractivity contribution in [3.8, 4) is 0 Å². The molecule has 0 aromatic heterocycles. The van der Waals surface area contributed by atoms with Crippen molar-refractivity contribution in [3.05, 3.63) is 46.2 Å². The average molecular weight is 526 g/mol. The van der Waals surface area contributed by atoms with E-state index in [0.29, 0.717) is 12.0 Å². The van der Waals surface area contributed by atoms with Crippen LogP contribution in [0.2, 0.25) is 0 Å². The van der Waals surface area contributed by atoms with Crippen LogP contribution in [0.3, 0.4) is 0 Å². The number of amidine groups is 1. The Balaban J connectivity index is 1.71. The number of likely N-dealkylation sites (N-methyl/N-ethyl adjacent to an activating group) is 1. The second-order valence-electron chi connectivity index (χ2n) is 9.23. The SMILES string of the molecule is CC1=C(S(=O)(=O)[N+](C)(N)[C@@H](CC(=O)C[C@H]2C[C@@H](c3ccc(C(=N)N)cc3)N(C)O2)C(=O)O)N(C)CO1. The van der Waals surface area contributed by atoms with Gasteiger partial charge in [0.1, 0.15) is 24.4 Å². The van der Waals surface area contributed by atoms with Crippen LogP contribution in [0.4, 0.5) is 0 Å². The second kappa shape index (κ2) is 10.1. The van der Waals surface area contributed by atoms with Gasteiger partial charge < -0.3 is 20.5 Å². The number of hydroxylamine groups is 2. The molecular weight excluding hydrogens is 492 g/mol. The molecule has 0 radical (unpaired) electrons. The molecule has 0 aliphatic carbocycles. The van der Waals surface area contributed by atoms with Gasteiger partial charge in [0, 0.05) is 26.1 Å². The van der Waals surface area contributed by atoms with E-state index < -0.39 is 44.3 Å². The number of nitrogens with zero attached hydrogens (tertiary/aromatic N) is 3. The van der Waals surface area contributed by atoms with Gasteiger partial charge in [-0.1, -0.05) is 24.3 Å². The number of ether oxygens (including phenoxy) is 1. The van der Waals surface area contributed by atoms with Crippen LogP contribution in [-0.4, -0.2) is 85.1 Å². The first kappa shape index (κ1) is 27.5. The minimum absolute atomic E-state index is 0.0117. The Bertz CT molecular complexity index is 1180. The van der Waals surface area contributed by atoms with E-state index in [-0.39, 0.29) is 35.8 Å². The third kappa shape index (κ3) is 5.22. The number of nitrogens with two attached hydrogens (primary N) is 2. The lowest BCUT2D eigenvalue weighted by Crippen LogP contribution is -2.65. The highest BCUT2D eigenvalue weighted by Gasteiger charge is 2.52. The maximum Gasteiger partial charge on any atom is 0.366 e. The number of hydrogen-bond donors (Lipinski definition) is 4. The lowest BCUT2D eigenvalue weighted by molar-refractivity contribution is -0.814. The molecule has 0 bridgehead atoms. The number of quaternary nitrogens is 1. The van der Waals surface area contributed by atoms with E-state index in [9.17, 15) is 23.1 Å². The van der Waals surface area contributed by atoms with Gasteiger partial charge in [-0.3, -0.25) is 15.0 Å². The lowest BCUT2D eigenvalue weighted by atomic mass is 9.97. The summed E-state index contributed by atoms with van der Waals surface area (Å²) in [6, 6.07) is 5.20. The topological polar surface area (TPSA) is 189 Å². The van der Waals surface area contributed by atoms with Crippen LogP contribution >= 0.6 is 0 Å². The van der Waals surface area contributed by atoms with E-state index in [0.717, 1.165) is 12.6 Å². The molecule has 36 heavy (non-hydrogen) atoms. The molecule has 6 N–H and O–H groups in total. The largest absolute Gasteiger partial charge is 0.477 e. The van der Waals surface area contributed by atoms with Gasteiger partial charge in [0.15, 0.2) is 6.73 Å². The van der Waals surface area contributed by atoms with Crippen LogP contribution in [0, 0.1) is 5.41 Å². The fourth-order valence-electron chi connectivity index (χ4n) is 4.46. The second-order valence-corrected chi connectivity index (χ2v) is 11.4. The molecule has 4 atom stereocenters. The number of ketones is 1. The van der Waals surface area contributed by atoms with Crippen LogP contribution in [0.15, 0.2) is 35.1 Å². The summed E-state index contributed by atoms with van der Waals surface area (Å²) >= 11 is 0. The molecule has 0 spiro atoms. The van der Waals surface area contributed by atoms with Crippen molar-refractivity contribution in [1.29, 1.82) is 5.41 Å². The number of benzene rings is 1. The molecule has 1 aromatic rings. The molecule has 198 valence electrons. The molecule has 2 aliphatic heterocycles. The first-order chi connectivity index (χ1) is 16.7. The van der Waals surface area contributed by atoms with E-state index in [1.807, 2.05) is 12.1 Å². The van der Waals surface area contributed by atoms with Crippen molar-refractivity contribution < 1.29 is 36.7 Å². The summed E-state index contributed by atoms with van der Waals surface area (Å²) in [6.07, 6.45) is -0.774. The lowest BCUT2D eigenvalue weighted by Gasteiger charge is -2.33. The maximum absolute atomic E-state index is 13.3. The van der Waals surface area contributed by atoms with Crippen molar-refractivity contribution in [2.24, 2.45) is 11.6 Å². The Morgan fingerprint density at radius 2 is 1.89 bits per heavy atom. The van der Waals surface area contributed by atoms with Crippen LogP contribution in [0.5, 0.6) is 0 Å². The molecule has 1 unspecified atom stereocenters. The minimum atomic E-state index is -4.42. The summed E-state index contributed by atoms with van der Waals surface area (Å²) in [4.78, 5) is 32.1. The zero-order valence-electron chi connectivity index (χ0n) is 20.7. The van der Waals surface area contributed by atoms with Crippen LogP contribution < -0.4 is 11.6 Å². The number of carbonyl (C=O) groups is 2. The summed E-state index contributed by atoms with van der Waals surface area (Å²) < 4.78 is 30.4. The Hall–Kier alpha value is -3.04. The Labute approximate surface area is 209 Å². The summed E-state index contributed by atoms with van der Waals surface area (Å²) in [5.41, 5.74) is 6.99. The summed E-state index contributed by atoms with van der Waals surface area (Å²) in [5, 5.41) is 18.7. The standard InChI is InChI=1S/C22H32N6O7S/c1-13-21(26(2)12-34-13)36(32,33)28(4,25)19(22(30)31)10-16(29)9-17-11-18(27(3)35-17)14-5-7-15(8-6-14)20(23)24/h5-8,17-19H,9-12,25H2,1-4H3,(H3-,23,24,30,31)/p+1/t17-,18-,19-,28?/m0/s1. The Morgan fingerprint density at radius 1 is 1.28 bits per heavy atom. The summed E-state index contributed by atoms with van der Waals surface area (Å²) in [7, 11) is -0.152. The predicted octanol–water partition coefficient (Wildman–Crippen LogP) is 0.209. The molecular formula is C22H33N6O7S+. The molecule has 2 heterocycles. The smallest absolute Gasteiger partial charge is 0.366 e. The normalized spacial score (nSPS) is 23.3. The molecule has 13 nitrogen and oxygen atoms in total. The quantitative estimate of drug-likeness (QED) is 0.107. The molecule has 0 amide bonds. The van der Waals surface area contributed by atoms with E-state index in [1.54, 1.807) is 24.2 Å². The van der Waals surface area contributed by atoms with Gasteiger partial charge in [-0.25, -0.2) is 4.79 Å². The zero-order valence-corrected chi connectivity index (χ0v) is 21.5. The van der Waals surface area contributed by atoms with E-state index in [4.69, 9.17) is 26.6 Å². The van der Waals surface area contributed by atoms with E-state index >= 15 is 0 Å². The van der Waals surface area contributed by atoms with Gasteiger partial charge in [-0.15, -0.1) is 4.00 Å². The number of carboxylic acids is 1. The van der Waals surface area contributed by atoms with Gasteiger partial charge in [-0.2, -0.15) is 19.3 Å². The van der Waals surface area contributed by atoms with E-state index in [2.05, 4.69) is 0 Å². The number of aliphatic carboxylic acids is 1. The summed E-state index contributed by atoms with van der Waals surface area (Å²) in [5.74, 6) is 4.16. The van der Waals surface area contributed by atoms with Gasteiger partial charge in [0.2, 0.25) is 11.1 Å². The van der Waals surface area contributed by atoms with Crippen molar-refractivity contribution >= 4 is 27.6 Å². The highest BCUT2D eigenvalue weighted by molar-refractivity contribution is 7.89. The number of carboxylic acid groups (broad SMARTS) is 1. The van der Waals surface area contributed by atoms with Crippen LogP contribution in [0.25, 0.3) is 0 Å². The molecule has 1 aromatic carbocycles. The third-order valence-electron chi connectivity index (χ3n) is 6.51. The van der Waals surface area contributed by atoms with Gasteiger partial charge in [0.05, 0.1) is 18.6 Å². The average Bonchev–Trinajstić information content (AvgIpc) is 3.32. The number of hydrogen-bond acceptors (Lipinski definition) is 10. The predicted molar refractivity (Wildman–Crippen MR) is 129 cm³/mol. The number of nitrogen functional groups attached to an aromatic ring is 1. The first-order valence-corrected chi connectivity index (χ1v) is 12.6. The minimum Gasteiger partial charge on any atom is -0.477 e. The molecule has 14 heteroatoms. The number of rotatable bonds is 10. The number of allylic oxidation sites excluding steroid dienone is 1. The Morgan fingerprint density at radius 3 is 2.39 bits per heavy atom. The van der Waals surface area contributed by atoms with Gasteiger partial charge >= 0.3 is 16.0 Å². The van der Waals surface area contributed by atoms with Crippen molar-refractivity contribution in [3.63, 3.8) is 0 Å². The summed E-state index contributed by atoms with van der Waals surface area (Å²) in [6.45, 7) is 1.44. The Kier molecular flexibility index (Phi) is 7.76. The maximum atomic E-state index is 13.3. The zero-order chi connectivity index (χ0) is 27.0. The van der Waals surface area contributed by atoms with Crippen molar-refractivity contribution in [1.82, 2.24) is 9.96 Å². The number of sulfonamides is 1. The van der Waals surface area contributed by atoms with Crippen LogP contribution in [-0.2, 0) is 29.2 Å². The van der Waals surface area contributed by atoms with Crippen molar-refractivity contribution in [2.75, 3.05) is 27.9 Å². The van der Waals surface area contributed by atoms with Gasteiger partial charge in [0.25, 0.3) is 0 Å². The molecule has 3 rings (SSSR count). The van der Waals surface area contributed by atoms with Crippen molar-refractivity contribution in [2.45, 2.75) is 44.4 Å². The molecule has 2 aliphatic rings. The fourth-order valence-corrected chi connectivity index (χ4v) is 6.20.